The third kappa shape index (κ3) is 4.42. The zero-order chi connectivity index (χ0) is 24.4. The van der Waals surface area contributed by atoms with Gasteiger partial charge in [0.25, 0.3) is 5.91 Å². The highest BCUT2D eigenvalue weighted by molar-refractivity contribution is 6.03. The summed E-state index contributed by atoms with van der Waals surface area (Å²) >= 11 is 0. The normalized spacial score (nSPS) is 21.3. The number of hydrogen-bond acceptors (Lipinski definition) is 3. The van der Waals surface area contributed by atoms with Gasteiger partial charge in [-0.2, -0.15) is 0 Å². The molecule has 6 nitrogen and oxygen atoms in total. The molecular formula is C29H35N3O3. The maximum atomic E-state index is 14.0. The number of methoxy groups -OCH3 is 1. The smallest absolute Gasteiger partial charge is 0.271 e. The summed E-state index contributed by atoms with van der Waals surface area (Å²) < 4.78 is 7.59. The van der Waals surface area contributed by atoms with Crippen molar-refractivity contribution in [2.24, 2.45) is 0 Å². The molecule has 184 valence electrons. The summed E-state index contributed by atoms with van der Waals surface area (Å²) in [6, 6.07) is 17.8. The quantitative estimate of drug-likeness (QED) is 0.547. The van der Waals surface area contributed by atoms with Gasteiger partial charge in [-0.05, 0) is 38.0 Å². The number of nitrogens with one attached hydrogen (secondary N) is 1. The van der Waals surface area contributed by atoms with Crippen LogP contribution in [0.25, 0.3) is 10.9 Å². The van der Waals surface area contributed by atoms with E-state index in [0.29, 0.717) is 24.5 Å². The van der Waals surface area contributed by atoms with Gasteiger partial charge in [0.05, 0.1) is 20.2 Å². The number of hydrogen-bond donors (Lipinski definition) is 1. The number of rotatable bonds is 5. The molecule has 2 amide bonds. The molecule has 3 aromatic rings. The van der Waals surface area contributed by atoms with Crippen LogP contribution in [0.4, 0.5) is 0 Å². The predicted molar refractivity (Wildman–Crippen MR) is 137 cm³/mol. The van der Waals surface area contributed by atoms with Gasteiger partial charge in [-0.25, -0.2) is 0 Å². The number of carbonyl (C=O) groups is 2. The van der Waals surface area contributed by atoms with Gasteiger partial charge in [0.1, 0.15) is 17.0 Å². The molecule has 2 aromatic carbocycles. The third-order valence-corrected chi connectivity index (χ3v) is 7.79. The number of nitrogens with zero attached hydrogens (tertiary/aromatic N) is 2. The van der Waals surface area contributed by atoms with Crippen LogP contribution in [0, 0.1) is 0 Å². The summed E-state index contributed by atoms with van der Waals surface area (Å²) in [7, 11) is 1.63. The van der Waals surface area contributed by atoms with Crippen LogP contribution in [-0.2, 0) is 17.9 Å². The molecule has 1 aliphatic carbocycles. The number of amides is 2. The van der Waals surface area contributed by atoms with E-state index < -0.39 is 5.54 Å². The molecule has 0 spiro atoms. The van der Waals surface area contributed by atoms with Crippen molar-refractivity contribution in [3.63, 3.8) is 0 Å². The SMILES string of the molecule is COc1ccccc1CN1C(=O)c2cc3ccccc3n2C[C@]1(C)C(=O)NC1CCCCCCC1. The number of aromatic nitrogens is 1. The minimum Gasteiger partial charge on any atom is -0.496 e. The Labute approximate surface area is 207 Å². The van der Waals surface area contributed by atoms with E-state index in [1.54, 1.807) is 12.0 Å². The monoisotopic (exact) mass is 473 g/mol. The van der Waals surface area contributed by atoms with Crippen LogP contribution in [0.5, 0.6) is 5.75 Å². The summed E-state index contributed by atoms with van der Waals surface area (Å²) in [5.74, 6) is 0.512. The zero-order valence-electron chi connectivity index (χ0n) is 20.8. The average molecular weight is 474 g/mol. The Kier molecular flexibility index (Phi) is 6.54. The van der Waals surface area contributed by atoms with Gasteiger partial charge in [0.15, 0.2) is 0 Å². The van der Waals surface area contributed by atoms with Crippen LogP contribution >= 0.6 is 0 Å². The van der Waals surface area contributed by atoms with Crippen LogP contribution in [0.1, 0.15) is 67.9 Å². The fourth-order valence-electron chi connectivity index (χ4n) is 5.70. The van der Waals surface area contributed by atoms with E-state index in [9.17, 15) is 9.59 Å². The molecule has 1 aromatic heterocycles. The van der Waals surface area contributed by atoms with Gasteiger partial charge < -0.3 is 19.5 Å². The van der Waals surface area contributed by atoms with Crippen molar-refractivity contribution < 1.29 is 14.3 Å². The number of benzene rings is 2. The van der Waals surface area contributed by atoms with Crippen LogP contribution in [-0.4, -0.2) is 40.0 Å². The molecule has 1 aliphatic heterocycles. The molecule has 35 heavy (non-hydrogen) atoms. The lowest BCUT2D eigenvalue weighted by Crippen LogP contribution is -2.64. The zero-order valence-corrected chi connectivity index (χ0v) is 20.8. The van der Waals surface area contributed by atoms with Crippen molar-refractivity contribution in [1.82, 2.24) is 14.8 Å². The molecule has 0 radical (unpaired) electrons. The number of carbonyl (C=O) groups excluding carboxylic acids is 2. The fraction of sp³-hybridized carbons (Fsp3) is 0.448. The third-order valence-electron chi connectivity index (χ3n) is 7.79. The second-order valence-corrected chi connectivity index (χ2v) is 10.2. The fourth-order valence-corrected chi connectivity index (χ4v) is 5.70. The van der Waals surface area contributed by atoms with Crippen molar-refractivity contribution in [2.75, 3.05) is 7.11 Å². The second-order valence-electron chi connectivity index (χ2n) is 10.2. The Morgan fingerprint density at radius 3 is 2.49 bits per heavy atom. The minimum atomic E-state index is -1.03. The second kappa shape index (κ2) is 9.76. The molecule has 5 rings (SSSR count). The topological polar surface area (TPSA) is 63.6 Å². The number of fused-ring (bicyclic) bond motifs is 3. The van der Waals surface area contributed by atoms with E-state index in [-0.39, 0.29) is 17.9 Å². The number of ether oxygens (including phenoxy) is 1. The molecular weight excluding hydrogens is 438 g/mol. The van der Waals surface area contributed by atoms with Crippen LogP contribution < -0.4 is 10.1 Å². The van der Waals surface area contributed by atoms with Gasteiger partial charge in [0, 0.05) is 22.5 Å². The minimum absolute atomic E-state index is 0.0743. The van der Waals surface area contributed by atoms with Gasteiger partial charge in [-0.1, -0.05) is 68.5 Å². The Bertz CT molecular complexity index is 1220. The Balaban J connectivity index is 1.53. The lowest BCUT2D eigenvalue weighted by molar-refractivity contribution is -0.134. The molecule has 1 fully saturated rings. The molecule has 2 aliphatic rings. The van der Waals surface area contributed by atoms with Crippen molar-refractivity contribution >= 4 is 22.7 Å². The van der Waals surface area contributed by atoms with Crippen molar-refractivity contribution in [2.45, 2.75) is 76.5 Å². The van der Waals surface area contributed by atoms with Gasteiger partial charge >= 0.3 is 0 Å². The van der Waals surface area contributed by atoms with Crippen molar-refractivity contribution in [3.8, 4) is 5.75 Å². The Hall–Kier alpha value is -3.28. The molecule has 6 heteroatoms. The highest BCUT2D eigenvalue weighted by Gasteiger charge is 2.48. The van der Waals surface area contributed by atoms with E-state index >= 15 is 0 Å². The molecule has 2 heterocycles. The van der Waals surface area contributed by atoms with E-state index in [4.69, 9.17) is 4.74 Å². The van der Waals surface area contributed by atoms with Crippen molar-refractivity contribution in [1.29, 1.82) is 0 Å². The molecule has 0 unspecified atom stereocenters. The first-order chi connectivity index (χ1) is 17.0. The summed E-state index contributed by atoms with van der Waals surface area (Å²) in [4.78, 5) is 29.7. The van der Waals surface area contributed by atoms with Gasteiger partial charge in [-0.15, -0.1) is 0 Å². The first-order valence-electron chi connectivity index (χ1n) is 12.8. The first-order valence-corrected chi connectivity index (χ1v) is 12.8. The maximum Gasteiger partial charge on any atom is 0.271 e. The lowest BCUT2D eigenvalue weighted by atomic mass is 9.91. The summed E-state index contributed by atoms with van der Waals surface area (Å²) in [5, 5.41) is 4.37. The van der Waals surface area contributed by atoms with Gasteiger partial charge in [-0.3, -0.25) is 9.59 Å². The Morgan fingerprint density at radius 2 is 1.71 bits per heavy atom. The van der Waals surface area contributed by atoms with Crippen molar-refractivity contribution in [3.05, 3.63) is 65.9 Å². The summed E-state index contributed by atoms with van der Waals surface area (Å²) in [6.07, 6.45) is 8.00. The van der Waals surface area contributed by atoms with Gasteiger partial charge in [0.2, 0.25) is 5.91 Å². The standard InChI is InChI=1S/C29H35N3O3/c1-29(28(34)30-23-14-6-4-3-5-7-15-23)20-31-24-16-10-8-12-21(24)18-25(31)27(33)32(29)19-22-13-9-11-17-26(22)35-2/h8-13,16-18,23H,3-7,14-15,19-20H2,1-2H3,(H,30,34)/t29-/m1/s1. The number of para-hydroxylation sites is 2. The lowest BCUT2D eigenvalue weighted by Gasteiger charge is -2.45. The summed E-state index contributed by atoms with van der Waals surface area (Å²) in [6.45, 7) is 2.63. The predicted octanol–water partition coefficient (Wildman–Crippen LogP) is 5.29. The van der Waals surface area contributed by atoms with Crippen LogP contribution in [0.3, 0.4) is 0 Å². The summed E-state index contributed by atoms with van der Waals surface area (Å²) in [5.41, 5.74) is 1.46. The molecule has 0 bridgehead atoms. The Morgan fingerprint density at radius 1 is 1.03 bits per heavy atom. The van der Waals surface area contributed by atoms with E-state index in [2.05, 4.69) is 5.32 Å². The largest absolute Gasteiger partial charge is 0.496 e. The highest BCUT2D eigenvalue weighted by Crippen LogP contribution is 2.35. The van der Waals surface area contributed by atoms with Crippen LogP contribution in [0.2, 0.25) is 0 Å². The maximum absolute atomic E-state index is 14.0. The first kappa shape index (κ1) is 23.5. The van der Waals surface area contributed by atoms with E-state index in [0.717, 1.165) is 42.1 Å². The molecule has 1 saturated carbocycles. The molecule has 1 N–H and O–H groups in total. The molecule has 1 atom stereocenters. The highest BCUT2D eigenvalue weighted by atomic mass is 16.5. The molecule has 0 saturated heterocycles. The van der Waals surface area contributed by atoms with E-state index in [1.807, 2.05) is 66.1 Å². The van der Waals surface area contributed by atoms with Crippen LogP contribution in [0.15, 0.2) is 54.6 Å². The average Bonchev–Trinajstić information content (AvgIpc) is 3.22. The van der Waals surface area contributed by atoms with E-state index in [1.165, 1.54) is 19.3 Å².